The van der Waals surface area contributed by atoms with Crippen LogP contribution in [0, 0.1) is 23.2 Å². The number of carboxylic acid groups (broad SMARTS) is 1. The van der Waals surface area contributed by atoms with Crippen molar-refractivity contribution in [3.05, 3.63) is 17.0 Å². The minimum Gasteiger partial charge on any atom is -0.481 e. The van der Waals surface area contributed by atoms with Gasteiger partial charge in [0.15, 0.2) is 0 Å². The number of hydrogen-bond acceptors (Lipinski definition) is 5. The van der Waals surface area contributed by atoms with Gasteiger partial charge in [0, 0.05) is 6.54 Å². The molecule has 1 rings (SSSR count). The number of rotatable bonds is 6. The highest BCUT2D eigenvalue weighted by Gasteiger charge is 2.25. The number of nitrogens with zero attached hydrogens (tertiary/aromatic N) is 1. The summed E-state index contributed by atoms with van der Waals surface area (Å²) >= 11 is 0.849. The second kappa shape index (κ2) is 6.14. The molecule has 1 aromatic heterocycles. The molecule has 0 radical (unpaired) electrons. The zero-order chi connectivity index (χ0) is 14.6. The Kier molecular flexibility index (Phi) is 5.05. The average molecular weight is 302 g/mol. The molecule has 1 atom stereocenters. The Morgan fingerprint density at radius 3 is 2.58 bits per heavy atom. The van der Waals surface area contributed by atoms with Crippen LogP contribution in [0.5, 0.6) is 0 Å². The molecule has 8 heteroatoms. The number of carbonyl (C=O) groups is 1. The maximum atomic E-state index is 11.9. The van der Waals surface area contributed by atoms with Gasteiger partial charge in [-0.05, 0) is 18.1 Å². The zero-order valence-electron chi connectivity index (χ0n) is 10.5. The summed E-state index contributed by atoms with van der Waals surface area (Å²) in [7, 11) is -3.76. The molecule has 104 valence electrons. The largest absolute Gasteiger partial charge is 0.481 e. The Morgan fingerprint density at radius 2 is 2.16 bits per heavy atom. The minimum absolute atomic E-state index is 0.0111. The lowest BCUT2D eigenvalue weighted by molar-refractivity contribution is -0.142. The highest BCUT2D eigenvalue weighted by atomic mass is 32.2. The van der Waals surface area contributed by atoms with E-state index in [1.54, 1.807) is 13.8 Å². The summed E-state index contributed by atoms with van der Waals surface area (Å²) in [6.07, 6.45) is 0. The zero-order valence-corrected chi connectivity index (χ0v) is 12.1. The van der Waals surface area contributed by atoms with Gasteiger partial charge in [-0.2, -0.15) is 5.26 Å². The van der Waals surface area contributed by atoms with Crippen molar-refractivity contribution in [3.63, 3.8) is 0 Å². The first-order valence-corrected chi connectivity index (χ1v) is 7.80. The molecule has 2 N–H and O–H groups in total. The summed E-state index contributed by atoms with van der Waals surface area (Å²) < 4.78 is 26.1. The highest BCUT2D eigenvalue weighted by molar-refractivity contribution is 7.91. The topological polar surface area (TPSA) is 107 Å². The second-order valence-electron chi connectivity index (χ2n) is 4.27. The van der Waals surface area contributed by atoms with Crippen molar-refractivity contribution in [2.45, 2.75) is 18.1 Å². The van der Waals surface area contributed by atoms with Gasteiger partial charge >= 0.3 is 5.97 Å². The first-order chi connectivity index (χ1) is 8.77. The highest BCUT2D eigenvalue weighted by Crippen LogP contribution is 2.21. The van der Waals surface area contributed by atoms with Gasteiger partial charge in [0.25, 0.3) is 0 Å². The third-order valence-corrected chi connectivity index (χ3v) is 5.48. The molecule has 0 bridgehead atoms. The number of sulfonamides is 1. The predicted octanol–water partition coefficient (Wildman–Crippen LogP) is 1.25. The summed E-state index contributed by atoms with van der Waals surface area (Å²) in [6, 6.07) is 4.60. The van der Waals surface area contributed by atoms with Gasteiger partial charge in [0.05, 0.1) is 5.92 Å². The van der Waals surface area contributed by atoms with Gasteiger partial charge in [-0.3, -0.25) is 4.79 Å². The van der Waals surface area contributed by atoms with Crippen LogP contribution in [0.15, 0.2) is 16.3 Å². The molecule has 0 aliphatic carbocycles. The van der Waals surface area contributed by atoms with E-state index in [1.807, 2.05) is 6.07 Å². The fraction of sp³-hybridized carbons (Fsp3) is 0.455. The van der Waals surface area contributed by atoms with E-state index in [9.17, 15) is 13.2 Å². The molecule has 0 fully saturated rings. The summed E-state index contributed by atoms with van der Waals surface area (Å²) in [5, 5.41) is 17.6. The number of thiophene rings is 1. The molecule has 0 saturated heterocycles. The summed E-state index contributed by atoms with van der Waals surface area (Å²) in [6.45, 7) is 3.26. The van der Waals surface area contributed by atoms with Crippen LogP contribution in [0.3, 0.4) is 0 Å². The van der Waals surface area contributed by atoms with Crippen LogP contribution in [0.4, 0.5) is 0 Å². The summed E-state index contributed by atoms with van der Waals surface area (Å²) in [5.41, 5.74) is 0. The Hall–Kier alpha value is -1.43. The van der Waals surface area contributed by atoms with E-state index in [0.717, 1.165) is 11.3 Å². The Balaban J connectivity index is 2.81. The molecular formula is C11H14N2O4S2. The number of hydrogen-bond donors (Lipinski definition) is 2. The van der Waals surface area contributed by atoms with Gasteiger partial charge in [-0.15, -0.1) is 11.3 Å². The first kappa shape index (κ1) is 15.6. The first-order valence-electron chi connectivity index (χ1n) is 5.50. The van der Waals surface area contributed by atoms with Crippen LogP contribution >= 0.6 is 11.3 Å². The standard InChI is InChI=1S/C11H14N2O4S2/c1-7(2)9(11(14)15)6-13-19(16,17)10-4-3-8(5-12)18-10/h3-4,7,9,13H,6H2,1-2H3,(H,14,15). The maximum absolute atomic E-state index is 11.9. The van der Waals surface area contributed by atoms with Gasteiger partial charge in [-0.25, -0.2) is 13.1 Å². The van der Waals surface area contributed by atoms with Crippen molar-refractivity contribution in [3.8, 4) is 6.07 Å². The van der Waals surface area contributed by atoms with Crippen molar-refractivity contribution >= 4 is 27.3 Å². The Labute approximate surface area is 115 Å². The van der Waals surface area contributed by atoms with Crippen LogP contribution in [0.2, 0.25) is 0 Å². The van der Waals surface area contributed by atoms with E-state index in [4.69, 9.17) is 10.4 Å². The van der Waals surface area contributed by atoms with Crippen LogP contribution in [0.25, 0.3) is 0 Å². The van der Waals surface area contributed by atoms with E-state index in [2.05, 4.69) is 4.72 Å². The lowest BCUT2D eigenvalue weighted by Gasteiger charge is -2.16. The van der Waals surface area contributed by atoms with Crippen LogP contribution in [0.1, 0.15) is 18.7 Å². The van der Waals surface area contributed by atoms with Gasteiger partial charge < -0.3 is 5.11 Å². The molecule has 0 amide bonds. The number of aliphatic carboxylic acids is 1. The van der Waals surface area contributed by atoms with E-state index < -0.39 is 21.9 Å². The van der Waals surface area contributed by atoms with E-state index in [1.165, 1.54) is 12.1 Å². The SMILES string of the molecule is CC(C)C(CNS(=O)(=O)c1ccc(C#N)s1)C(=O)O. The van der Waals surface area contributed by atoms with Crippen LogP contribution in [-0.4, -0.2) is 26.0 Å². The second-order valence-corrected chi connectivity index (χ2v) is 7.35. The van der Waals surface area contributed by atoms with Crippen molar-refractivity contribution in [1.29, 1.82) is 5.26 Å². The summed E-state index contributed by atoms with van der Waals surface area (Å²) in [4.78, 5) is 11.3. The molecular weight excluding hydrogens is 288 g/mol. The van der Waals surface area contributed by atoms with Crippen LogP contribution in [-0.2, 0) is 14.8 Å². The van der Waals surface area contributed by atoms with E-state index in [0.29, 0.717) is 4.88 Å². The molecule has 19 heavy (non-hydrogen) atoms. The van der Waals surface area contributed by atoms with Gasteiger partial charge in [0.2, 0.25) is 10.0 Å². The molecule has 1 heterocycles. The monoisotopic (exact) mass is 302 g/mol. The molecule has 0 aromatic carbocycles. The molecule has 1 aromatic rings. The fourth-order valence-corrected chi connectivity index (χ4v) is 3.61. The lowest BCUT2D eigenvalue weighted by atomic mass is 9.97. The van der Waals surface area contributed by atoms with Crippen molar-refractivity contribution < 1.29 is 18.3 Å². The molecule has 1 unspecified atom stereocenters. The predicted molar refractivity (Wildman–Crippen MR) is 70.2 cm³/mol. The van der Waals surface area contributed by atoms with Crippen molar-refractivity contribution in [2.24, 2.45) is 11.8 Å². The molecule has 6 nitrogen and oxygen atoms in total. The molecule has 0 aliphatic rings. The van der Waals surface area contributed by atoms with Crippen molar-refractivity contribution in [2.75, 3.05) is 6.54 Å². The number of carboxylic acids is 1. The molecule has 0 aliphatic heterocycles. The number of nitrogens with one attached hydrogen (secondary N) is 1. The summed E-state index contributed by atoms with van der Waals surface area (Å²) in [5.74, 6) is -2.01. The Bertz CT molecular complexity index is 598. The third kappa shape index (κ3) is 4.02. The molecule has 0 spiro atoms. The van der Waals surface area contributed by atoms with Crippen LogP contribution < -0.4 is 4.72 Å². The normalized spacial score (nSPS) is 13.2. The smallest absolute Gasteiger partial charge is 0.308 e. The van der Waals surface area contributed by atoms with Gasteiger partial charge in [0.1, 0.15) is 15.2 Å². The quantitative estimate of drug-likeness (QED) is 0.822. The molecule has 0 saturated carbocycles. The van der Waals surface area contributed by atoms with E-state index >= 15 is 0 Å². The van der Waals surface area contributed by atoms with E-state index in [-0.39, 0.29) is 16.7 Å². The average Bonchev–Trinajstić information content (AvgIpc) is 2.77. The van der Waals surface area contributed by atoms with Crippen molar-refractivity contribution in [1.82, 2.24) is 4.72 Å². The van der Waals surface area contributed by atoms with Gasteiger partial charge in [-0.1, -0.05) is 13.8 Å². The third-order valence-electron chi connectivity index (χ3n) is 2.57. The number of nitriles is 1. The lowest BCUT2D eigenvalue weighted by Crippen LogP contribution is -2.35. The Morgan fingerprint density at radius 1 is 1.53 bits per heavy atom. The fourth-order valence-electron chi connectivity index (χ4n) is 1.40. The minimum atomic E-state index is -3.76. The maximum Gasteiger partial charge on any atom is 0.308 e.